The van der Waals surface area contributed by atoms with Crippen molar-refractivity contribution in [1.29, 1.82) is 0 Å². The number of hydrogen-bond acceptors (Lipinski definition) is 4. The Morgan fingerprint density at radius 3 is 2.56 bits per heavy atom. The highest BCUT2D eigenvalue weighted by molar-refractivity contribution is 7.91. The average Bonchev–Trinajstić information content (AvgIpc) is 3.00. The number of sulfone groups is 1. The zero-order valence-corrected chi connectivity index (χ0v) is 13.9. The zero-order chi connectivity index (χ0) is 17.6. The fraction of sp³-hybridized carbons (Fsp3) is 0.222. The van der Waals surface area contributed by atoms with Gasteiger partial charge < -0.3 is 9.73 Å². The van der Waals surface area contributed by atoms with E-state index < -0.39 is 22.3 Å². The molecule has 0 radical (unpaired) electrons. The molecule has 25 heavy (non-hydrogen) atoms. The van der Waals surface area contributed by atoms with Gasteiger partial charge in [-0.1, -0.05) is 18.2 Å². The lowest BCUT2D eigenvalue weighted by molar-refractivity contribution is 0.0852. The van der Waals surface area contributed by atoms with Gasteiger partial charge in [0, 0.05) is 23.6 Å². The van der Waals surface area contributed by atoms with E-state index in [-0.39, 0.29) is 15.6 Å². The van der Waals surface area contributed by atoms with Crippen LogP contribution >= 0.6 is 0 Å². The Morgan fingerprint density at radius 2 is 1.84 bits per heavy atom. The third-order valence-corrected chi connectivity index (χ3v) is 6.20. The molecule has 0 saturated carbocycles. The van der Waals surface area contributed by atoms with Gasteiger partial charge in [-0.25, -0.2) is 17.2 Å². The summed E-state index contributed by atoms with van der Waals surface area (Å²) >= 11 is 0. The Labute approximate surface area is 143 Å². The number of furan rings is 1. The minimum atomic E-state index is -3.69. The summed E-state index contributed by atoms with van der Waals surface area (Å²) in [6.07, 6.45) is -2.02. The SMILES string of the molecule is O=S(=O)(c1ccccc1)c1ccc2c3c(oc2c1)C(C(F)F)NCC3. The smallest absolute Gasteiger partial charge is 0.260 e. The van der Waals surface area contributed by atoms with Gasteiger partial charge in [-0.15, -0.1) is 0 Å². The normalized spacial score (nSPS) is 17.8. The van der Waals surface area contributed by atoms with Crippen molar-refractivity contribution in [3.8, 4) is 0 Å². The zero-order valence-electron chi connectivity index (χ0n) is 13.1. The van der Waals surface area contributed by atoms with Gasteiger partial charge in [-0.2, -0.15) is 0 Å². The molecule has 2 aromatic carbocycles. The Bertz CT molecular complexity index is 1030. The van der Waals surface area contributed by atoms with E-state index in [0.29, 0.717) is 23.9 Å². The molecule has 0 aliphatic carbocycles. The van der Waals surface area contributed by atoms with Crippen molar-refractivity contribution in [3.05, 3.63) is 59.9 Å². The Hall–Kier alpha value is -2.25. The molecule has 1 N–H and O–H groups in total. The van der Waals surface area contributed by atoms with Gasteiger partial charge in [0.1, 0.15) is 17.4 Å². The van der Waals surface area contributed by atoms with Crippen molar-refractivity contribution >= 4 is 20.8 Å². The standard InChI is InChI=1S/C18H15F2NO3S/c19-18(20)16-17-14(8-9-21-16)13-7-6-12(10-15(13)24-17)25(22,23)11-4-2-1-3-5-11/h1-7,10,16,18,21H,8-9H2. The highest BCUT2D eigenvalue weighted by atomic mass is 32.2. The van der Waals surface area contributed by atoms with Crippen LogP contribution in [0.15, 0.2) is 62.7 Å². The van der Waals surface area contributed by atoms with Crippen molar-refractivity contribution < 1.29 is 21.6 Å². The highest BCUT2D eigenvalue weighted by Gasteiger charge is 2.33. The fourth-order valence-electron chi connectivity index (χ4n) is 3.21. The molecule has 7 heteroatoms. The van der Waals surface area contributed by atoms with Crippen LogP contribution in [-0.2, 0) is 16.3 Å². The summed E-state index contributed by atoms with van der Waals surface area (Å²) in [6.45, 7) is 0.431. The molecule has 4 nitrogen and oxygen atoms in total. The average molecular weight is 363 g/mol. The van der Waals surface area contributed by atoms with Crippen molar-refractivity contribution in [3.63, 3.8) is 0 Å². The van der Waals surface area contributed by atoms with Gasteiger partial charge >= 0.3 is 0 Å². The van der Waals surface area contributed by atoms with Gasteiger partial charge in [-0.05, 0) is 30.7 Å². The second kappa shape index (κ2) is 5.93. The highest BCUT2D eigenvalue weighted by Crippen LogP contribution is 2.37. The fourth-order valence-corrected chi connectivity index (χ4v) is 4.51. The monoisotopic (exact) mass is 363 g/mol. The topological polar surface area (TPSA) is 59.3 Å². The summed E-state index contributed by atoms with van der Waals surface area (Å²) in [6, 6.07) is 11.5. The second-order valence-electron chi connectivity index (χ2n) is 5.94. The molecule has 0 saturated heterocycles. The van der Waals surface area contributed by atoms with E-state index in [0.717, 1.165) is 5.56 Å². The van der Waals surface area contributed by atoms with E-state index >= 15 is 0 Å². The first-order chi connectivity index (χ1) is 12.0. The molecule has 0 fully saturated rings. The van der Waals surface area contributed by atoms with Crippen LogP contribution in [0, 0.1) is 0 Å². The molecule has 3 aromatic rings. The lowest BCUT2D eigenvalue weighted by Gasteiger charge is -2.21. The van der Waals surface area contributed by atoms with Gasteiger partial charge in [0.05, 0.1) is 9.79 Å². The molecule has 1 aliphatic rings. The van der Waals surface area contributed by atoms with Gasteiger partial charge in [-0.3, -0.25) is 0 Å². The molecule has 0 bridgehead atoms. The first kappa shape index (κ1) is 16.2. The maximum absolute atomic E-state index is 13.2. The summed E-state index contributed by atoms with van der Waals surface area (Å²) in [5, 5.41) is 3.43. The summed E-state index contributed by atoms with van der Waals surface area (Å²) in [5.74, 6) is 0.200. The van der Waals surface area contributed by atoms with E-state index in [1.54, 1.807) is 24.3 Å². The molecule has 0 spiro atoms. The second-order valence-corrected chi connectivity index (χ2v) is 7.89. The molecule has 4 rings (SSSR count). The summed E-state index contributed by atoms with van der Waals surface area (Å²) in [4.78, 5) is 0.261. The molecule has 1 aliphatic heterocycles. The van der Waals surface area contributed by atoms with E-state index in [1.165, 1.54) is 24.3 Å². The van der Waals surface area contributed by atoms with Crippen molar-refractivity contribution in [2.75, 3.05) is 6.54 Å². The summed E-state index contributed by atoms with van der Waals surface area (Å²) in [5.41, 5.74) is 1.04. The van der Waals surface area contributed by atoms with Crippen molar-refractivity contribution in [2.24, 2.45) is 0 Å². The van der Waals surface area contributed by atoms with E-state index in [4.69, 9.17) is 4.42 Å². The minimum absolute atomic E-state index is 0.0823. The molecule has 130 valence electrons. The van der Waals surface area contributed by atoms with Gasteiger partial charge in [0.2, 0.25) is 9.84 Å². The lowest BCUT2D eigenvalue weighted by Crippen LogP contribution is -2.33. The number of hydrogen-bond donors (Lipinski definition) is 1. The molecular formula is C18H15F2NO3S. The number of alkyl halides is 2. The van der Waals surface area contributed by atoms with Gasteiger partial charge in [0.15, 0.2) is 0 Å². The number of halogens is 2. The third kappa shape index (κ3) is 2.63. The lowest BCUT2D eigenvalue weighted by atomic mass is 10.00. The minimum Gasteiger partial charge on any atom is -0.459 e. The maximum Gasteiger partial charge on any atom is 0.260 e. The molecule has 2 heterocycles. The Morgan fingerprint density at radius 1 is 1.08 bits per heavy atom. The van der Waals surface area contributed by atoms with Gasteiger partial charge in [0.25, 0.3) is 6.43 Å². The molecule has 1 unspecified atom stereocenters. The summed E-state index contributed by atoms with van der Waals surface area (Å²) < 4.78 is 57.5. The molecule has 1 aromatic heterocycles. The number of fused-ring (bicyclic) bond motifs is 3. The van der Waals surface area contributed by atoms with Crippen LogP contribution in [0.3, 0.4) is 0 Å². The molecule has 0 amide bonds. The predicted molar refractivity (Wildman–Crippen MR) is 88.6 cm³/mol. The van der Waals surface area contributed by atoms with Crippen LogP contribution < -0.4 is 5.32 Å². The Balaban J connectivity index is 1.85. The molecule has 1 atom stereocenters. The quantitative estimate of drug-likeness (QED) is 0.771. The maximum atomic E-state index is 13.2. The first-order valence-corrected chi connectivity index (χ1v) is 9.34. The third-order valence-electron chi connectivity index (χ3n) is 4.43. The number of rotatable bonds is 3. The van der Waals surface area contributed by atoms with Crippen LogP contribution in [-0.4, -0.2) is 21.4 Å². The Kier molecular flexibility index (Phi) is 3.85. The predicted octanol–water partition coefficient (Wildman–Crippen LogP) is 3.72. The number of nitrogens with one attached hydrogen (secondary N) is 1. The van der Waals surface area contributed by atoms with Crippen LogP contribution in [0.25, 0.3) is 11.0 Å². The molecular weight excluding hydrogens is 348 g/mol. The van der Waals surface area contributed by atoms with Crippen LogP contribution in [0.1, 0.15) is 17.4 Å². The van der Waals surface area contributed by atoms with Crippen LogP contribution in [0.4, 0.5) is 8.78 Å². The van der Waals surface area contributed by atoms with Crippen LogP contribution in [0.2, 0.25) is 0 Å². The van der Waals surface area contributed by atoms with E-state index in [2.05, 4.69) is 5.32 Å². The van der Waals surface area contributed by atoms with Crippen molar-refractivity contribution in [1.82, 2.24) is 5.32 Å². The van der Waals surface area contributed by atoms with E-state index in [9.17, 15) is 17.2 Å². The first-order valence-electron chi connectivity index (χ1n) is 7.85. The van der Waals surface area contributed by atoms with Crippen molar-refractivity contribution in [2.45, 2.75) is 28.7 Å². The number of benzene rings is 2. The van der Waals surface area contributed by atoms with Crippen LogP contribution in [0.5, 0.6) is 0 Å². The summed E-state index contributed by atoms with van der Waals surface area (Å²) in [7, 11) is -3.69. The van der Waals surface area contributed by atoms with E-state index in [1.807, 2.05) is 0 Å². The largest absolute Gasteiger partial charge is 0.459 e.